The molecule has 0 aliphatic rings. The summed E-state index contributed by atoms with van der Waals surface area (Å²) in [5, 5.41) is 2.65. The largest absolute Gasteiger partial charge is 0.326 e. The highest BCUT2D eigenvalue weighted by Gasteiger charge is 2.09. The van der Waals surface area contributed by atoms with E-state index in [2.05, 4.69) is 16.2 Å². The molecular formula is C17H19N3O2. The molecule has 0 radical (unpaired) electrons. The predicted octanol–water partition coefficient (Wildman–Crippen LogP) is 2.64. The van der Waals surface area contributed by atoms with Crippen LogP contribution in [0.5, 0.6) is 0 Å². The molecule has 0 heterocycles. The summed E-state index contributed by atoms with van der Waals surface area (Å²) < 4.78 is 0. The van der Waals surface area contributed by atoms with Crippen molar-refractivity contribution in [3.05, 3.63) is 65.7 Å². The van der Waals surface area contributed by atoms with Gasteiger partial charge in [0.1, 0.15) is 0 Å². The molecule has 0 aromatic heterocycles. The van der Waals surface area contributed by atoms with Gasteiger partial charge < -0.3 is 5.32 Å². The number of benzene rings is 2. The lowest BCUT2D eigenvalue weighted by atomic mass is 10.1. The van der Waals surface area contributed by atoms with Crippen LogP contribution < -0.4 is 16.2 Å². The Hall–Kier alpha value is -2.66. The molecule has 1 unspecified atom stereocenters. The normalized spacial score (nSPS) is 11.5. The van der Waals surface area contributed by atoms with Crippen molar-refractivity contribution in [1.82, 2.24) is 10.9 Å². The van der Waals surface area contributed by atoms with E-state index in [0.717, 1.165) is 5.56 Å². The summed E-state index contributed by atoms with van der Waals surface area (Å²) >= 11 is 0. The first-order valence-electron chi connectivity index (χ1n) is 7.04. The van der Waals surface area contributed by atoms with Crippen molar-refractivity contribution in [3.63, 3.8) is 0 Å². The quantitative estimate of drug-likeness (QED) is 0.743. The number of carbonyl (C=O) groups excluding carboxylic acids is 2. The van der Waals surface area contributed by atoms with Gasteiger partial charge in [-0.05, 0) is 30.7 Å². The first-order valence-corrected chi connectivity index (χ1v) is 7.04. The van der Waals surface area contributed by atoms with Gasteiger partial charge in [0.05, 0.1) is 0 Å². The minimum absolute atomic E-state index is 0.0105. The van der Waals surface area contributed by atoms with Crippen molar-refractivity contribution in [2.45, 2.75) is 19.9 Å². The Labute approximate surface area is 129 Å². The third-order valence-corrected chi connectivity index (χ3v) is 3.15. The number of amides is 2. The molecule has 0 fully saturated rings. The standard InChI is InChI=1S/C17H19N3O2/c1-12(14-7-4-3-5-8-14)19-20-17(22)15-9-6-10-16(11-15)18-13(2)21/h3-12,19H,1-2H3,(H,18,21)(H,20,22). The Morgan fingerprint density at radius 1 is 1.00 bits per heavy atom. The van der Waals surface area contributed by atoms with Crippen LogP contribution >= 0.6 is 0 Å². The van der Waals surface area contributed by atoms with Gasteiger partial charge in [0.25, 0.3) is 5.91 Å². The van der Waals surface area contributed by atoms with Crippen LogP contribution in [0.2, 0.25) is 0 Å². The van der Waals surface area contributed by atoms with Crippen molar-refractivity contribution in [1.29, 1.82) is 0 Å². The van der Waals surface area contributed by atoms with Gasteiger partial charge in [0, 0.05) is 24.2 Å². The van der Waals surface area contributed by atoms with Crippen LogP contribution in [0.1, 0.15) is 35.8 Å². The number of hydrogen-bond acceptors (Lipinski definition) is 3. The Morgan fingerprint density at radius 3 is 2.41 bits per heavy atom. The number of hydrogen-bond donors (Lipinski definition) is 3. The van der Waals surface area contributed by atoms with Gasteiger partial charge in [-0.3, -0.25) is 15.0 Å². The molecule has 2 aromatic carbocycles. The molecule has 2 rings (SSSR count). The lowest BCUT2D eigenvalue weighted by molar-refractivity contribution is -0.114. The van der Waals surface area contributed by atoms with E-state index in [4.69, 9.17) is 0 Å². The summed E-state index contributed by atoms with van der Waals surface area (Å²) in [6, 6.07) is 16.6. The maximum atomic E-state index is 12.1. The average Bonchev–Trinajstić information content (AvgIpc) is 2.52. The molecule has 1 atom stereocenters. The van der Waals surface area contributed by atoms with Crippen molar-refractivity contribution in [2.75, 3.05) is 5.32 Å². The molecule has 114 valence electrons. The summed E-state index contributed by atoms with van der Waals surface area (Å²) in [6.45, 7) is 3.39. The fraction of sp³-hybridized carbons (Fsp3) is 0.176. The van der Waals surface area contributed by atoms with Crippen LogP contribution in [0.3, 0.4) is 0 Å². The SMILES string of the molecule is CC(=O)Nc1cccc(C(=O)NNC(C)c2ccccc2)c1. The first-order chi connectivity index (χ1) is 10.6. The van der Waals surface area contributed by atoms with Gasteiger partial charge in [-0.25, -0.2) is 5.43 Å². The Kier molecular flexibility index (Phi) is 5.27. The summed E-state index contributed by atoms with van der Waals surface area (Å²) in [6.07, 6.45) is 0. The Balaban J connectivity index is 1.96. The third kappa shape index (κ3) is 4.43. The summed E-state index contributed by atoms with van der Waals surface area (Å²) in [5.41, 5.74) is 7.79. The minimum atomic E-state index is -0.255. The molecule has 0 aliphatic carbocycles. The Morgan fingerprint density at radius 2 is 1.73 bits per heavy atom. The van der Waals surface area contributed by atoms with Crippen LogP contribution in [0, 0.1) is 0 Å². The van der Waals surface area contributed by atoms with E-state index in [9.17, 15) is 9.59 Å². The van der Waals surface area contributed by atoms with Crippen molar-refractivity contribution < 1.29 is 9.59 Å². The van der Waals surface area contributed by atoms with E-state index in [-0.39, 0.29) is 17.9 Å². The number of carbonyl (C=O) groups is 2. The molecule has 5 nitrogen and oxygen atoms in total. The molecule has 0 bridgehead atoms. The molecule has 22 heavy (non-hydrogen) atoms. The van der Waals surface area contributed by atoms with E-state index >= 15 is 0 Å². The minimum Gasteiger partial charge on any atom is -0.326 e. The van der Waals surface area contributed by atoms with Crippen molar-refractivity contribution in [2.24, 2.45) is 0 Å². The monoisotopic (exact) mass is 297 g/mol. The second-order valence-electron chi connectivity index (χ2n) is 4.99. The van der Waals surface area contributed by atoms with E-state index in [1.54, 1.807) is 24.3 Å². The highest BCUT2D eigenvalue weighted by Crippen LogP contribution is 2.12. The van der Waals surface area contributed by atoms with Gasteiger partial charge >= 0.3 is 0 Å². The smallest absolute Gasteiger partial charge is 0.265 e. The number of anilines is 1. The zero-order chi connectivity index (χ0) is 15.9. The predicted molar refractivity (Wildman–Crippen MR) is 86.2 cm³/mol. The van der Waals surface area contributed by atoms with E-state index in [0.29, 0.717) is 11.3 Å². The first kappa shape index (κ1) is 15.7. The Bertz CT molecular complexity index is 656. The molecule has 0 saturated heterocycles. The van der Waals surface area contributed by atoms with Crippen molar-refractivity contribution >= 4 is 17.5 Å². The molecule has 0 spiro atoms. The molecule has 2 amide bonds. The number of rotatable bonds is 5. The number of hydrazine groups is 1. The van der Waals surface area contributed by atoms with Gasteiger partial charge in [0.2, 0.25) is 5.91 Å². The van der Waals surface area contributed by atoms with Crippen molar-refractivity contribution in [3.8, 4) is 0 Å². The highest BCUT2D eigenvalue weighted by molar-refractivity contribution is 5.96. The molecule has 2 aromatic rings. The van der Waals surface area contributed by atoms with Crippen LogP contribution in [0.15, 0.2) is 54.6 Å². The van der Waals surface area contributed by atoms with Crippen LogP contribution in [0.25, 0.3) is 0 Å². The van der Waals surface area contributed by atoms with Crippen LogP contribution in [0.4, 0.5) is 5.69 Å². The molecule has 5 heteroatoms. The van der Waals surface area contributed by atoms with Gasteiger partial charge in [-0.1, -0.05) is 36.4 Å². The fourth-order valence-electron chi connectivity index (χ4n) is 2.01. The summed E-state index contributed by atoms with van der Waals surface area (Å²) in [5.74, 6) is -0.427. The van der Waals surface area contributed by atoms with Gasteiger partial charge in [-0.2, -0.15) is 0 Å². The second-order valence-corrected chi connectivity index (χ2v) is 4.99. The fourth-order valence-corrected chi connectivity index (χ4v) is 2.01. The summed E-state index contributed by atoms with van der Waals surface area (Å²) in [4.78, 5) is 23.2. The van der Waals surface area contributed by atoms with Gasteiger partial charge in [-0.15, -0.1) is 0 Å². The molecule has 0 aliphatic heterocycles. The van der Waals surface area contributed by atoms with Gasteiger partial charge in [0.15, 0.2) is 0 Å². The van der Waals surface area contributed by atoms with Crippen LogP contribution in [-0.2, 0) is 4.79 Å². The molecule has 3 N–H and O–H groups in total. The zero-order valence-corrected chi connectivity index (χ0v) is 12.6. The highest BCUT2D eigenvalue weighted by atomic mass is 16.2. The van der Waals surface area contributed by atoms with E-state index < -0.39 is 0 Å². The van der Waals surface area contributed by atoms with E-state index in [1.165, 1.54) is 6.92 Å². The zero-order valence-electron chi connectivity index (χ0n) is 12.6. The average molecular weight is 297 g/mol. The van der Waals surface area contributed by atoms with E-state index in [1.807, 2.05) is 37.3 Å². The maximum Gasteiger partial charge on any atom is 0.265 e. The number of nitrogens with one attached hydrogen (secondary N) is 3. The lowest BCUT2D eigenvalue weighted by Gasteiger charge is -2.15. The maximum absolute atomic E-state index is 12.1. The lowest BCUT2D eigenvalue weighted by Crippen LogP contribution is -2.39. The topological polar surface area (TPSA) is 70.2 Å². The second kappa shape index (κ2) is 7.38. The summed E-state index contributed by atoms with van der Waals surface area (Å²) in [7, 11) is 0. The molecule has 0 saturated carbocycles. The molecular weight excluding hydrogens is 278 g/mol. The van der Waals surface area contributed by atoms with Crippen LogP contribution in [-0.4, -0.2) is 11.8 Å². The third-order valence-electron chi connectivity index (χ3n) is 3.15.